The van der Waals surface area contributed by atoms with Gasteiger partial charge in [-0.15, -0.1) is 0 Å². The topological polar surface area (TPSA) is 171 Å². The summed E-state index contributed by atoms with van der Waals surface area (Å²) >= 11 is 0. The lowest BCUT2D eigenvalue weighted by atomic mass is 10.1. The van der Waals surface area contributed by atoms with Gasteiger partial charge in [0.05, 0.1) is 23.0 Å². The number of esters is 1. The van der Waals surface area contributed by atoms with Gasteiger partial charge in [0.1, 0.15) is 23.5 Å². The van der Waals surface area contributed by atoms with E-state index < -0.39 is 45.2 Å². The molecular formula is C14H19N5O7. The van der Waals surface area contributed by atoms with Crippen molar-refractivity contribution in [2.45, 2.75) is 25.9 Å². The number of benzene rings is 1. The number of carbonyl (C=O) groups excluding carboxylic acids is 2. The Morgan fingerprint density at radius 3 is 2.15 bits per heavy atom. The van der Waals surface area contributed by atoms with Gasteiger partial charge in [-0.2, -0.15) is 0 Å². The second-order valence-electron chi connectivity index (χ2n) is 5.45. The molecule has 26 heavy (non-hydrogen) atoms. The number of nitrogens with two attached hydrogens (primary N) is 1. The zero-order chi connectivity index (χ0) is 20.2. The summed E-state index contributed by atoms with van der Waals surface area (Å²) in [6.45, 7) is 2.84. The van der Waals surface area contributed by atoms with Crippen molar-refractivity contribution in [1.82, 2.24) is 0 Å². The highest BCUT2D eigenvalue weighted by Gasteiger charge is 2.31. The standard InChI is InChI=1S/C14H19N5O7/c1-7(13(15)20)16-9-5-11(17(3)8(2)14(21)26-4)12(19(24)25)6-10(9)18(22)23/h5-8,16H,1-4H3,(H2,15,20)/t7-,8-/m0/s1. The van der Waals surface area contributed by atoms with Crippen LogP contribution in [0.15, 0.2) is 12.1 Å². The summed E-state index contributed by atoms with van der Waals surface area (Å²) in [5.41, 5.74) is 3.74. The molecule has 2 atom stereocenters. The lowest BCUT2D eigenvalue weighted by Gasteiger charge is -2.25. The van der Waals surface area contributed by atoms with Gasteiger partial charge in [-0.25, -0.2) is 4.79 Å². The largest absolute Gasteiger partial charge is 0.467 e. The Bertz CT molecular complexity index is 751. The minimum absolute atomic E-state index is 0.0716. The molecule has 0 saturated heterocycles. The van der Waals surface area contributed by atoms with Crippen LogP contribution in [0.4, 0.5) is 22.7 Å². The lowest BCUT2D eigenvalue weighted by Crippen LogP contribution is -2.37. The summed E-state index contributed by atoms with van der Waals surface area (Å²) in [5, 5.41) is 25.2. The van der Waals surface area contributed by atoms with Crippen LogP contribution >= 0.6 is 0 Å². The summed E-state index contributed by atoms with van der Waals surface area (Å²) < 4.78 is 4.61. The highest BCUT2D eigenvalue weighted by atomic mass is 16.6. The van der Waals surface area contributed by atoms with Gasteiger partial charge >= 0.3 is 5.97 Å². The van der Waals surface area contributed by atoms with Gasteiger partial charge in [0.2, 0.25) is 5.91 Å². The normalized spacial score (nSPS) is 12.6. The Hall–Kier alpha value is -3.44. The molecule has 0 aliphatic carbocycles. The number of primary amides is 1. The number of methoxy groups -OCH3 is 1. The van der Waals surface area contributed by atoms with Gasteiger partial charge in [0.25, 0.3) is 11.4 Å². The first-order valence-corrected chi connectivity index (χ1v) is 7.34. The summed E-state index contributed by atoms with van der Waals surface area (Å²) in [5.74, 6) is -1.42. The van der Waals surface area contributed by atoms with Crippen molar-refractivity contribution in [3.8, 4) is 0 Å². The second kappa shape index (κ2) is 8.09. The fourth-order valence-electron chi connectivity index (χ4n) is 2.10. The number of nitro benzene ring substituents is 2. The predicted molar refractivity (Wildman–Crippen MR) is 91.9 cm³/mol. The van der Waals surface area contributed by atoms with E-state index in [2.05, 4.69) is 10.1 Å². The molecule has 142 valence electrons. The van der Waals surface area contributed by atoms with E-state index in [4.69, 9.17) is 5.73 Å². The van der Waals surface area contributed by atoms with Crippen LogP contribution < -0.4 is 16.0 Å². The van der Waals surface area contributed by atoms with E-state index in [1.54, 1.807) is 0 Å². The van der Waals surface area contributed by atoms with Crippen LogP contribution in [0.5, 0.6) is 0 Å². The van der Waals surface area contributed by atoms with E-state index in [0.29, 0.717) is 0 Å². The number of carbonyl (C=O) groups is 2. The minimum Gasteiger partial charge on any atom is -0.467 e. The molecule has 1 amide bonds. The number of rotatable bonds is 8. The third-order valence-electron chi connectivity index (χ3n) is 3.79. The molecule has 0 aliphatic rings. The molecule has 0 bridgehead atoms. The van der Waals surface area contributed by atoms with Crippen LogP contribution in [0, 0.1) is 20.2 Å². The van der Waals surface area contributed by atoms with Gasteiger partial charge < -0.3 is 20.7 Å². The summed E-state index contributed by atoms with van der Waals surface area (Å²) in [7, 11) is 2.56. The Balaban J connectivity index is 3.56. The molecule has 3 N–H and O–H groups in total. The minimum atomic E-state index is -0.966. The van der Waals surface area contributed by atoms with Crippen LogP contribution in [0.25, 0.3) is 0 Å². The fourth-order valence-corrected chi connectivity index (χ4v) is 2.10. The molecular weight excluding hydrogens is 350 g/mol. The van der Waals surface area contributed by atoms with Crippen LogP contribution in [0.3, 0.4) is 0 Å². The van der Waals surface area contributed by atoms with Gasteiger partial charge in [-0.05, 0) is 19.9 Å². The Kier molecular flexibility index (Phi) is 6.41. The molecule has 0 spiro atoms. The first kappa shape index (κ1) is 20.6. The molecule has 1 aromatic rings. The second-order valence-corrected chi connectivity index (χ2v) is 5.45. The van der Waals surface area contributed by atoms with Gasteiger partial charge in [-0.3, -0.25) is 25.0 Å². The predicted octanol–water partition coefficient (Wildman–Crippen LogP) is 0.786. The average Bonchev–Trinajstić information content (AvgIpc) is 2.58. The first-order valence-electron chi connectivity index (χ1n) is 7.34. The Morgan fingerprint density at radius 2 is 1.73 bits per heavy atom. The number of hydrogen-bond donors (Lipinski definition) is 2. The zero-order valence-electron chi connectivity index (χ0n) is 14.6. The Morgan fingerprint density at radius 1 is 1.19 bits per heavy atom. The number of nitro groups is 2. The highest BCUT2D eigenvalue weighted by molar-refractivity contribution is 5.87. The lowest BCUT2D eigenvalue weighted by molar-refractivity contribution is -0.393. The van der Waals surface area contributed by atoms with Crippen molar-refractivity contribution >= 4 is 34.6 Å². The molecule has 0 saturated carbocycles. The van der Waals surface area contributed by atoms with Crippen LogP contribution in [-0.2, 0) is 14.3 Å². The monoisotopic (exact) mass is 369 g/mol. The number of amides is 1. The summed E-state index contributed by atoms with van der Waals surface area (Å²) in [4.78, 5) is 45.2. The molecule has 0 aliphatic heterocycles. The first-order chi connectivity index (χ1) is 12.0. The number of nitrogens with one attached hydrogen (secondary N) is 1. The van der Waals surface area contributed by atoms with Gasteiger partial charge in [0.15, 0.2) is 0 Å². The third kappa shape index (κ3) is 4.34. The molecule has 0 unspecified atom stereocenters. The maximum atomic E-state index is 11.7. The molecule has 0 radical (unpaired) electrons. The third-order valence-corrected chi connectivity index (χ3v) is 3.79. The number of nitrogens with zero attached hydrogens (tertiary/aromatic N) is 3. The zero-order valence-corrected chi connectivity index (χ0v) is 14.6. The fraction of sp³-hybridized carbons (Fsp3) is 0.429. The van der Waals surface area contributed by atoms with E-state index in [-0.39, 0.29) is 11.4 Å². The van der Waals surface area contributed by atoms with Crippen molar-refractivity contribution in [2.75, 3.05) is 24.4 Å². The van der Waals surface area contributed by atoms with Crippen molar-refractivity contribution in [3.63, 3.8) is 0 Å². The maximum absolute atomic E-state index is 11.7. The van der Waals surface area contributed by atoms with E-state index in [1.165, 1.54) is 32.9 Å². The van der Waals surface area contributed by atoms with Crippen molar-refractivity contribution < 1.29 is 24.2 Å². The van der Waals surface area contributed by atoms with Crippen molar-refractivity contribution in [3.05, 3.63) is 32.4 Å². The van der Waals surface area contributed by atoms with Crippen LogP contribution in [0.2, 0.25) is 0 Å². The smallest absolute Gasteiger partial charge is 0.328 e. The molecule has 12 nitrogen and oxygen atoms in total. The van der Waals surface area contributed by atoms with E-state index >= 15 is 0 Å². The molecule has 1 aromatic carbocycles. The molecule has 0 fully saturated rings. The maximum Gasteiger partial charge on any atom is 0.328 e. The Labute approximate surface area is 148 Å². The van der Waals surface area contributed by atoms with Gasteiger partial charge in [0, 0.05) is 7.05 Å². The summed E-state index contributed by atoms with van der Waals surface area (Å²) in [6, 6.07) is 0.00834. The van der Waals surface area contributed by atoms with Crippen molar-refractivity contribution in [2.24, 2.45) is 5.73 Å². The molecule has 1 rings (SSSR count). The number of ether oxygens (including phenoxy) is 1. The quantitative estimate of drug-likeness (QED) is 0.381. The molecule has 12 heteroatoms. The highest BCUT2D eigenvalue weighted by Crippen LogP contribution is 2.38. The average molecular weight is 369 g/mol. The summed E-state index contributed by atoms with van der Waals surface area (Å²) in [6.07, 6.45) is 0. The van der Waals surface area contributed by atoms with E-state index in [9.17, 15) is 29.8 Å². The number of likely N-dealkylation sites (N-methyl/N-ethyl adjacent to an activating group) is 1. The molecule has 0 aromatic heterocycles. The number of anilines is 2. The molecule has 0 heterocycles. The van der Waals surface area contributed by atoms with E-state index in [1.807, 2.05) is 0 Å². The van der Waals surface area contributed by atoms with Crippen molar-refractivity contribution in [1.29, 1.82) is 0 Å². The van der Waals surface area contributed by atoms with Crippen LogP contribution in [-0.4, -0.2) is 48.0 Å². The van der Waals surface area contributed by atoms with E-state index in [0.717, 1.165) is 12.1 Å². The SMILES string of the molecule is COC(=O)[C@H](C)N(C)c1cc(N[C@@H](C)C(N)=O)c([N+](=O)[O-])cc1[N+](=O)[O-]. The van der Waals surface area contributed by atoms with Crippen LogP contribution in [0.1, 0.15) is 13.8 Å². The van der Waals surface area contributed by atoms with Gasteiger partial charge in [-0.1, -0.05) is 0 Å². The number of hydrogen-bond acceptors (Lipinski definition) is 9.